The second-order valence-corrected chi connectivity index (χ2v) is 7.40. The molecule has 2 aromatic rings. The van der Waals surface area contributed by atoms with Crippen LogP contribution >= 0.6 is 39.9 Å². The number of benzene rings is 2. The molecule has 0 atom stereocenters. The Balaban J connectivity index is 1.88. The maximum atomic E-state index is 13.9. The number of carbonyl (C=O) groups is 1. The first kappa shape index (κ1) is 17.1. The highest BCUT2D eigenvalue weighted by molar-refractivity contribution is 9.15. The fraction of sp³-hybridized carbons (Fsp3) is 0. The highest BCUT2D eigenvalue weighted by Crippen LogP contribution is 2.36. The molecule has 6 heteroatoms. The van der Waals surface area contributed by atoms with E-state index in [4.69, 9.17) is 12.2 Å². The van der Waals surface area contributed by atoms with Gasteiger partial charge in [0, 0.05) is 4.48 Å². The molecule has 1 fully saturated rings. The van der Waals surface area contributed by atoms with Crippen LogP contribution in [0, 0.1) is 5.82 Å². The first-order chi connectivity index (χ1) is 11.6. The first-order valence-corrected chi connectivity index (χ1v) is 9.03. The van der Waals surface area contributed by atoms with E-state index < -0.39 is 5.82 Å². The second kappa shape index (κ2) is 7.42. The zero-order chi connectivity index (χ0) is 17.1. The quantitative estimate of drug-likeness (QED) is 0.483. The molecule has 1 saturated heterocycles. The van der Waals surface area contributed by atoms with Crippen molar-refractivity contribution in [2.45, 2.75) is 0 Å². The number of allylic oxidation sites excluding steroid dienone is 2. The van der Waals surface area contributed by atoms with Crippen molar-refractivity contribution in [3.05, 3.63) is 83.0 Å². The standard InChI is InChI=1S/C18H11BrFNOS2/c19-13(12-6-2-1-3-7-12)10-11-16-17(22)21(18(23)24-16)15-9-5-4-8-14(15)20/h1-11H/b13-10-,16-11-. The van der Waals surface area contributed by atoms with Gasteiger partial charge in [0.05, 0.1) is 10.6 Å². The lowest BCUT2D eigenvalue weighted by Crippen LogP contribution is -2.28. The van der Waals surface area contributed by atoms with Gasteiger partial charge in [-0.1, -0.05) is 82.4 Å². The van der Waals surface area contributed by atoms with Crippen molar-refractivity contribution in [1.29, 1.82) is 0 Å². The number of anilines is 1. The molecular weight excluding hydrogens is 409 g/mol. The predicted molar refractivity (Wildman–Crippen MR) is 106 cm³/mol. The third-order valence-electron chi connectivity index (χ3n) is 3.32. The molecule has 0 bridgehead atoms. The predicted octanol–water partition coefficient (Wildman–Crippen LogP) is 5.51. The zero-order valence-electron chi connectivity index (χ0n) is 12.3. The van der Waals surface area contributed by atoms with Crippen LogP contribution in [0.15, 0.2) is 71.7 Å². The number of para-hydroxylation sites is 1. The van der Waals surface area contributed by atoms with Gasteiger partial charge in [0.2, 0.25) is 0 Å². The summed E-state index contributed by atoms with van der Waals surface area (Å²) in [6.07, 6.45) is 3.49. The van der Waals surface area contributed by atoms with Gasteiger partial charge >= 0.3 is 0 Å². The van der Waals surface area contributed by atoms with Gasteiger partial charge in [0.25, 0.3) is 5.91 Å². The van der Waals surface area contributed by atoms with E-state index in [1.807, 2.05) is 30.3 Å². The maximum absolute atomic E-state index is 13.9. The Morgan fingerprint density at radius 3 is 2.50 bits per heavy atom. The van der Waals surface area contributed by atoms with Crippen molar-refractivity contribution < 1.29 is 9.18 Å². The molecule has 2 nitrogen and oxygen atoms in total. The van der Waals surface area contributed by atoms with Crippen LogP contribution in [0.25, 0.3) is 4.48 Å². The number of hydrogen-bond acceptors (Lipinski definition) is 3. The van der Waals surface area contributed by atoms with Crippen LogP contribution in [-0.2, 0) is 4.79 Å². The van der Waals surface area contributed by atoms with Gasteiger partial charge in [-0.15, -0.1) is 0 Å². The molecule has 1 amide bonds. The first-order valence-electron chi connectivity index (χ1n) is 7.01. The third kappa shape index (κ3) is 3.50. The topological polar surface area (TPSA) is 20.3 Å². The molecule has 0 saturated carbocycles. The molecule has 0 aliphatic carbocycles. The summed E-state index contributed by atoms with van der Waals surface area (Å²) in [5.74, 6) is -0.796. The minimum Gasteiger partial charge on any atom is -0.268 e. The summed E-state index contributed by atoms with van der Waals surface area (Å²) < 4.78 is 15.1. The minimum absolute atomic E-state index is 0.175. The van der Waals surface area contributed by atoms with Crippen molar-refractivity contribution in [1.82, 2.24) is 0 Å². The number of nitrogens with zero attached hydrogens (tertiary/aromatic N) is 1. The Hall–Kier alpha value is -1.76. The van der Waals surface area contributed by atoms with Crippen molar-refractivity contribution in [2.75, 3.05) is 4.90 Å². The van der Waals surface area contributed by atoms with Gasteiger partial charge in [-0.3, -0.25) is 9.69 Å². The van der Waals surface area contributed by atoms with Gasteiger partial charge in [-0.05, 0) is 29.8 Å². The van der Waals surface area contributed by atoms with E-state index in [0.29, 0.717) is 9.23 Å². The Kier molecular flexibility index (Phi) is 5.28. The molecule has 0 spiro atoms. The van der Waals surface area contributed by atoms with Gasteiger partial charge in [-0.2, -0.15) is 0 Å². The Morgan fingerprint density at radius 2 is 1.79 bits per heavy atom. The fourth-order valence-electron chi connectivity index (χ4n) is 2.17. The smallest absolute Gasteiger partial charge is 0.268 e. The molecule has 0 radical (unpaired) electrons. The number of halogens is 2. The van der Waals surface area contributed by atoms with Crippen LogP contribution in [0.3, 0.4) is 0 Å². The summed E-state index contributed by atoms with van der Waals surface area (Å²) in [4.78, 5) is 14.2. The number of carbonyl (C=O) groups excluding carboxylic acids is 1. The lowest BCUT2D eigenvalue weighted by atomic mass is 10.2. The second-order valence-electron chi connectivity index (χ2n) is 4.87. The maximum Gasteiger partial charge on any atom is 0.270 e. The average Bonchev–Trinajstić information content (AvgIpc) is 2.88. The van der Waals surface area contributed by atoms with E-state index >= 15 is 0 Å². The lowest BCUT2D eigenvalue weighted by Gasteiger charge is -2.14. The van der Waals surface area contributed by atoms with Gasteiger partial charge in [0.1, 0.15) is 5.82 Å². The molecule has 3 rings (SSSR count). The molecule has 120 valence electrons. The normalized spacial score (nSPS) is 17.0. The van der Waals surface area contributed by atoms with Crippen LogP contribution in [0.1, 0.15) is 5.56 Å². The van der Waals surface area contributed by atoms with E-state index in [-0.39, 0.29) is 11.6 Å². The zero-order valence-corrected chi connectivity index (χ0v) is 15.5. The SMILES string of the molecule is O=C1/C(=C/C=C(\Br)c2ccccc2)SC(=S)N1c1ccccc1F. The molecule has 0 unspecified atom stereocenters. The van der Waals surface area contributed by atoms with Crippen LogP contribution in [0.2, 0.25) is 0 Å². The largest absolute Gasteiger partial charge is 0.270 e. The molecule has 0 N–H and O–H groups in total. The number of thiocarbonyl (C=S) groups is 1. The lowest BCUT2D eigenvalue weighted by molar-refractivity contribution is -0.113. The van der Waals surface area contributed by atoms with Crippen molar-refractivity contribution in [3.8, 4) is 0 Å². The molecule has 1 heterocycles. The number of amides is 1. The van der Waals surface area contributed by atoms with E-state index in [1.165, 1.54) is 11.0 Å². The summed E-state index contributed by atoms with van der Waals surface area (Å²) in [5, 5.41) is 0. The fourth-order valence-corrected chi connectivity index (χ4v) is 3.79. The van der Waals surface area contributed by atoms with Crippen molar-refractivity contribution >= 4 is 60.3 Å². The molecule has 1 aliphatic heterocycles. The van der Waals surface area contributed by atoms with E-state index in [2.05, 4.69) is 15.9 Å². The van der Waals surface area contributed by atoms with Crippen molar-refractivity contribution in [3.63, 3.8) is 0 Å². The van der Waals surface area contributed by atoms with Gasteiger partial charge in [0.15, 0.2) is 4.32 Å². The molecule has 24 heavy (non-hydrogen) atoms. The number of rotatable bonds is 3. The molecule has 0 aromatic heterocycles. The van der Waals surface area contributed by atoms with E-state index in [9.17, 15) is 9.18 Å². The summed E-state index contributed by atoms with van der Waals surface area (Å²) in [6, 6.07) is 15.8. The monoisotopic (exact) mass is 419 g/mol. The van der Waals surface area contributed by atoms with Crippen LogP contribution in [0.4, 0.5) is 10.1 Å². The summed E-state index contributed by atoms with van der Waals surface area (Å²) in [6.45, 7) is 0. The Morgan fingerprint density at radius 1 is 1.12 bits per heavy atom. The van der Waals surface area contributed by atoms with E-state index in [0.717, 1.165) is 21.8 Å². The minimum atomic E-state index is -0.476. The summed E-state index contributed by atoms with van der Waals surface area (Å²) in [7, 11) is 0. The molecule has 2 aromatic carbocycles. The Labute approximate surface area is 157 Å². The van der Waals surface area contributed by atoms with Crippen LogP contribution in [-0.4, -0.2) is 10.2 Å². The number of hydrogen-bond donors (Lipinski definition) is 0. The van der Waals surface area contributed by atoms with Gasteiger partial charge in [-0.25, -0.2) is 4.39 Å². The highest BCUT2D eigenvalue weighted by atomic mass is 79.9. The van der Waals surface area contributed by atoms with E-state index in [1.54, 1.807) is 30.4 Å². The number of thioether (sulfide) groups is 1. The summed E-state index contributed by atoms with van der Waals surface area (Å²) in [5.41, 5.74) is 1.17. The van der Waals surface area contributed by atoms with Crippen molar-refractivity contribution in [2.24, 2.45) is 0 Å². The highest BCUT2D eigenvalue weighted by Gasteiger charge is 2.34. The molecule has 1 aliphatic rings. The third-order valence-corrected chi connectivity index (χ3v) is 5.36. The summed E-state index contributed by atoms with van der Waals surface area (Å²) >= 11 is 9.89. The molecular formula is C18H11BrFNOS2. The average molecular weight is 420 g/mol. The van der Waals surface area contributed by atoms with Crippen LogP contribution < -0.4 is 4.90 Å². The Bertz CT molecular complexity index is 864. The van der Waals surface area contributed by atoms with Crippen LogP contribution in [0.5, 0.6) is 0 Å². The van der Waals surface area contributed by atoms with Gasteiger partial charge < -0.3 is 0 Å².